The number of fused-ring (bicyclic) bond motifs is 1. The van der Waals surface area contributed by atoms with Crippen LogP contribution < -0.4 is 0 Å². The molecule has 1 aliphatic carbocycles. The van der Waals surface area contributed by atoms with Gasteiger partial charge in [0.2, 0.25) is 0 Å². The summed E-state index contributed by atoms with van der Waals surface area (Å²) in [5.41, 5.74) is 4.49. The maximum Gasteiger partial charge on any atom is 0.0177 e. The third kappa shape index (κ3) is 1.85. The molecule has 0 fully saturated rings. The highest BCUT2D eigenvalue weighted by Gasteiger charge is 2.29. The lowest BCUT2D eigenvalue weighted by atomic mass is 9.76. The molecule has 1 heterocycles. The quantitative estimate of drug-likeness (QED) is 0.660. The Bertz CT molecular complexity index is 558. The van der Waals surface area contributed by atoms with Crippen molar-refractivity contribution in [3.05, 3.63) is 57.8 Å². The molecule has 0 amide bonds. The van der Waals surface area contributed by atoms with Crippen LogP contribution in [0.3, 0.4) is 0 Å². The largest absolute Gasteiger partial charge is 0.148 e. The van der Waals surface area contributed by atoms with E-state index in [0.717, 1.165) is 6.42 Å². The van der Waals surface area contributed by atoms with Gasteiger partial charge in [0.05, 0.1) is 0 Å². The number of thiophene rings is 1. The molecule has 2 aromatic rings. The summed E-state index contributed by atoms with van der Waals surface area (Å²) in [7, 11) is 0. The minimum Gasteiger partial charge on any atom is -0.148 e. The summed E-state index contributed by atoms with van der Waals surface area (Å²) in [5, 5.41) is 2.21. The highest BCUT2D eigenvalue weighted by atomic mass is 32.1. The van der Waals surface area contributed by atoms with E-state index in [0.29, 0.717) is 0 Å². The summed E-state index contributed by atoms with van der Waals surface area (Å²) >= 11 is 1.88. The van der Waals surface area contributed by atoms with Gasteiger partial charge in [0.25, 0.3) is 0 Å². The Morgan fingerprint density at radius 3 is 2.59 bits per heavy atom. The van der Waals surface area contributed by atoms with E-state index in [1.807, 2.05) is 11.3 Å². The zero-order valence-corrected chi connectivity index (χ0v) is 11.1. The average Bonchev–Trinajstić information content (AvgIpc) is 2.78. The molecule has 0 atom stereocenters. The molecule has 1 aromatic heterocycles. The van der Waals surface area contributed by atoms with Crippen molar-refractivity contribution in [1.82, 2.24) is 0 Å². The highest BCUT2D eigenvalue weighted by Crippen LogP contribution is 2.44. The highest BCUT2D eigenvalue weighted by molar-refractivity contribution is 7.10. The van der Waals surface area contributed by atoms with Gasteiger partial charge < -0.3 is 0 Å². The Morgan fingerprint density at radius 2 is 1.82 bits per heavy atom. The summed E-state index contributed by atoms with van der Waals surface area (Å²) in [4.78, 5) is 1.53. The number of allylic oxidation sites excluding steroid dienone is 1. The van der Waals surface area contributed by atoms with Gasteiger partial charge in [-0.2, -0.15) is 0 Å². The van der Waals surface area contributed by atoms with Gasteiger partial charge in [0.1, 0.15) is 0 Å². The first-order valence-corrected chi connectivity index (χ1v) is 6.89. The van der Waals surface area contributed by atoms with Crippen LogP contribution in [0, 0.1) is 0 Å². The molecule has 0 spiro atoms. The molecule has 86 valence electrons. The van der Waals surface area contributed by atoms with Gasteiger partial charge in [-0.15, -0.1) is 11.3 Å². The third-order valence-corrected chi connectivity index (χ3v) is 4.71. The standard InChI is InChI=1S/C16H16S/c1-16(2)11-14(12-6-4-3-5-7-12)10-13-8-9-17-15(13)16/h3-10H,11H2,1-2H3. The predicted octanol–water partition coefficient (Wildman–Crippen LogP) is 4.97. The van der Waals surface area contributed by atoms with Crippen molar-refractivity contribution in [2.75, 3.05) is 0 Å². The third-order valence-electron chi connectivity index (χ3n) is 3.42. The summed E-state index contributed by atoms with van der Waals surface area (Å²) in [6.45, 7) is 4.69. The molecule has 0 saturated heterocycles. The number of hydrogen-bond donors (Lipinski definition) is 0. The normalized spacial score (nSPS) is 17.4. The summed E-state index contributed by atoms with van der Waals surface area (Å²) in [5.74, 6) is 0. The van der Waals surface area contributed by atoms with Crippen molar-refractivity contribution in [2.24, 2.45) is 0 Å². The Hall–Kier alpha value is -1.34. The fraction of sp³-hybridized carbons (Fsp3) is 0.250. The van der Waals surface area contributed by atoms with Gasteiger partial charge in [-0.3, -0.25) is 0 Å². The summed E-state index contributed by atoms with van der Waals surface area (Å²) in [6.07, 6.45) is 3.48. The Kier molecular flexibility index (Phi) is 2.44. The lowest BCUT2D eigenvalue weighted by Gasteiger charge is -2.30. The van der Waals surface area contributed by atoms with Crippen LogP contribution in [0.4, 0.5) is 0 Å². The van der Waals surface area contributed by atoms with E-state index in [-0.39, 0.29) is 5.41 Å². The lowest BCUT2D eigenvalue weighted by molar-refractivity contribution is 0.549. The number of rotatable bonds is 1. The van der Waals surface area contributed by atoms with Crippen molar-refractivity contribution < 1.29 is 0 Å². The van der Waals surface area contributed by atoms with Gasteiger partial charge in [-0.1, -0.05) is 44.2 Å². The van der Waals surface area contributed by atoms with E-state index < -0.39 is 0 Å². The van der Waals surface area contributed by atoms with E-state index >= 15 is 0 Å². The van der Waals surface area contributed by atoms with E-state index in [1.165, 1.54) is 21.6 Å². The van der Waals surface area contributed by atoms with E-state index in [9.17, 15) is 0 Å². The number of hydrogen-bond acceptors (Lipinski definition) is 1. The van der Waals surface area contributed by atoms with Crippen LogP contribution in [0.15, 0.2) is 41.8 Å². The molecule has 3 rings (SSSR count). The van der Waals surface area contributed by atoms with E-state index in [1.54, 1.807) is 0 Å². The van der Waals surface area contributed by atoms with Gasteiger partial charge in [-0.25, -0.2) is 0 Å². The first-order valence-electron chi connectivity index (χ1n) is 6.01. The van der Waals surface area contributed by atoms with Crippen LogP contribution in [0.1, 0.15) is 36.3 Å². The SMILES string of the molecule is CC1(C)CC(c2ccccc2)=Cc2ccsc21. The lowest BCUT2D eigenvalue weighted by Crippen LogP contribution is -2.19. The molecular formula is C16H16S. The van der Waals surface area contributed by atoms with Crippen molar-refractivity contribution >= 4 is 23.0 Å². The molecule has 0 nitrogen and oxygen atoms in total. The number of benzene rings is 1. The van der Waals surface area contributed by atoms with Gasteiger partial charge in [0, 0.05) is 10.3 Å². The van der Waals surface area contributed by atoms with Crippen LogP contribution in [0.5, 0.6) is 0 Å². The molecule has 0 saturated carbocycles. The monoisotopic (exact) mass is 240 g/mol. The van der Waals surface area contributed by atoms with Crippen molar-refractivity contribution in [1.29, 1.82) is 0 Å². The first kappa shape index (κ1) is 10.8. The van der Waals surface area contributed by atoms with Crippen LogP contribution in [0.2, 0.25) is 0 Å². The maximum absolute atomic E-state index is 2.35. The molecule has 1 heteroatoms. The van der Waals surface area contributed by atoms with Crippen LogP contribution in [0.25, 0.3) is 11.6 Å². The summed E-state index contributed by atoms with van der Waals surface area (Å²) in [6, 6.07) is 13.0. The predicted molar refractivity (Wildman–Crippen MR) is 76.3 cm³/mol. The van der Waals surface area contributed by atoms with Crippen molar-refractivity contribution in [2.45, 2.75) is 25.7 Å². The van der Waals surface area contributed by atoms with Gasteiger partial charge in [-0.05, 0) is 40.6 Å². The van der Waals surface area contributed by atoms with Crippen molar-refractivity contribution in [3.63, 3.8) is 0 Å². The molecule has 0 radical (unpaired) electrons. The smallest absolute Gasteiger partial charge is 0.0177 e. The molecular weight excluding hydrogens is 224 g/mol. The van der Waals surface area contributed by atoms with E-state index in [4.69, 9.17) is 0 Å². The Labute approximate surface area is 107 Å². The average molecular weight is 240 g/mol. The second-order valence-electron chi connectivity index (χ2n) is 5.30. The molecule has 1 aromatic carbocycles. The second kappa shape index (κ2) is 3.85. The zero-order valence-electron chi connectivity index (χ0n) is 10.2. The topological polar surface area (TPSA) is 0 Å². The fourth-order valence-corrected chi connectivity index (χ4v) is 3.62. The van der Waals surface area contributed by atoms with Crippen LogP contribution in [-0.4, -0.2) is 0 Å². The van der Waals surface area contributed by atoms with E-state index in [2.05, 4.69) is 61.7 Å². The zero-order chi connectivity index (χ0) is 11.9. The van der Waals surface area contributed by atoms with Crippen LogP contribution >= 0.6 is 11.3 Å². The maximum atomic E-state index is 2.35. The minimum absolute atomic E-state index is 0.267. The molecule has 0 unspecified atom stereocenters. The molecule has 0 bridgehead atoms. The molecule has 17 heavy (non-hydrogen) atoms. The Morgan fingerprint density at radius 1 is 1.06 bits per heavy atom. The molecule has 1 aliphatic rings. The first-order chi connectivity index (χ1) is 8.17. The minimum atomic E-state index is 0.267. The Balaban J connectivity index is 2.11. The second-order valence-corrected chi connectivity index (χ2v) is 6.22. The fourth-order valence-electron chi connectivity index (χ4n) is 2.62. The van der Waals surface area contributed by atoms with Crippen LogP contribution in [-0.2, 0) is 5.41 Å². The van der Waals surface area contributed by atoms with Gasteiger partial charge >= 0.3 is 0 Å². The van der Waals surface area contributed by atoms with Crippen molar-refractivity contribution in [3.8, 4) is 0 Å². The molecule has 0 N–H and O–H groups in total. The van der Waals surface area contributed by atoms with Gasteiger partial charge in [0.15, 0.2) is 0 Å². The molecule has 0 aliphatic heterocycles. The summed E-state index contributed by atoms with van der Waals surface area (Å²) < 4.78 is 0.